The van der Waals surface area contributed by atoms with Gasteiger partial charge < -0.3 is 16.4 Å². The van der Waals surface area contributed by atoms with Gasteiger partial charge in [-0.3, -0.25) is 14.5 Å². The summed E-state index contributed by atoms with van der Waals surface area (Å²) in [6.45, 7) is 4.81. The lowest BCUT2D eigenvalue weighted by Gasteiger charge is -2.15. The van der Waals surface area contributed by atoms with E-state index in [0.717, 1.165) is 16.0 Å². The van der Waals surface area contributed by atoms with Crippen LogP contribution in [0.25, 0.3) is 0 Å². The summed E-state index contributed by atoms with van der Waals surface area (Å²) in [5.41, 5.74) is 9.68. The third-order valence-corrected chi connectivity index (χ3v) is 5.01. The van der Waals surface area contributed by atoms with Crippen LogP contribution in [-0.4, -0.2) is 35.8 Å². The number of hydrogen-bond acceptors (Lipinski definition) is 4. The van der Waals surface area contributed by atoms with Crippen LogP contribution in [0.4, 0.5) is 4.79 Å². The molecule has 160 valence electrons. The van der Waals surface area contributed by atoms with E-state index in [1.807, 2.05) is 12.1 Å². The van der Waals surface area contributed by atoms with Crippen LogP contribution in [0.3, 0.4) is 0 Å². The lowest BCUT2D eigenvalue weighted by molar-refractivity contribution is -0.125. The van der Waals surface area contributed by atoms with Crippen molar-refractivity contribution in [2.75, 3.05) is 13.1 Å². The molecule has 4 N–H and O–H groups in total. The van der Waals surface area contributed by atoms with Crippen LogP contribution in [0.5, 0.6) is 0 Å². The number of nitrogens with one attached hydrogen (secondary N) is 2. The summed E-state index contributed by atoms with van der Waals surface area (Å²) in [4.78, 5) is 36.8. The smallest absolute Gasteiger partial charge is 0.324 e. The second-order valence-corrected chi connectivity index (χ2v) is 7.47. The van der Waals surface area contributed by atoms with Crippen LogP contribution in [0, 0.1) is 0 Å². The predicted octanol–water partition coefficient (Wildman–Crippen LogP) is 2.71. The Kier molecular flexibility index (Phi) is 7.97. The first-order valence-electron chi connectivity index (χ1n) is 9.66. The Morgan fingerprint density at radius 3 is 2.20 bits per heavy atom. The Balaban J connectivity index is 0.00000320. The lowest BCUT2D eigenvalue weighted by atomic mass is 9.99. The molecule has 7 nitrogen and oxygen atoms in total. The van der Waals surface area contributed by atoms with E-state index in [1.165, 1.54) is 5.56 Å². The average molecular weight is 431 g/mol. The van der Waals surface area contributed by atoms with Crippen molar-refractivity contribution in [1.82, 2.24) is 15.5 Å². The maximum atomic E-state index is 12.4. The fraction of sp³-hybridized carbons (Fsp3) is 0.318. The van der Waals surface area contributed by atoms with Gasteiger partial charge in [-0.15, -0.1) is 12.4 Å². The van der Waals surface area contributed by atoms with Crippen molar-refractivity contribution in [3.05, 3.63) is 70.8 Å². The number of nitrogens with two attached hydrogens (primary N) is 1. The van der Waals surface area contributed by atoms with Gasteiger partial charge in [0.1, 0.15) is 0 Å². The summed E-state index contributed by atoms with van der Waals surface area (Å²) in [5, 5.41) is 5.33. The van der Waals surface area contributed by atoms with Crippen molar-refractivity contribution in [3.63, 3.8) is 0 Å². The standard InChI is InChI=1S/C22H26N4O3.ClH/c1-14(2)16-7-9-17(10-8-16)19(23)11-24-21(28)18-5-3-15(4-6-18)13-26-20(27)12-25-22(26)29;/h3-10,14,19H,11-13,23H2,1-2H3,(H,24,28)(H,25,29);1H. The molecule has 30 heavy (non-hydrogen) atoms. The number of hydrogen-bond donors (Lipinski definition) is 3. The van der Waals surface area contributed by atoms with Gasteiger partial charge in [0.25, 0.3) is 5.91 Å². The lowest BCUT2D eigenvalue weighted by Crippen LogP contribution is -2.32. The van der Waals surface area contributed by atoms with E-state index in [9.17, 15) is 14.4 Å². The number of rotatable bonds is 7. The highest BCUT2D eigenvalue weighted by molar-refractivity contribution is 6.01. The number of carbonyl (C=O) groups excluding carboxylic acids is 3. The van der Waals surface area contributed by atoms with Crippen molar-refractivity contribution < 1.29 is 14.4 Å². The molecule has 1 fully saturated rings. The number of carbonyl (C=O) groups is 3. The first-order chi connectivity index (χ1) is 13.8. The van der Waals surface area contributed by atoms with Gasteiger partial charge in [-0.05, 0) is 34.7 Å². The third-order valence-electron chi connectivity index (χ3n) is 5.01. The molecular formula is C22H27ClN4O3. The van der Waals surface area contributed by atoms with Gasteiger partial charge in [0.2, 0.25) is 5.91 Å². The summed E-state index contributed by atoms with van der Waals surface area (Å²) < 4.78 is 0. The van der Waals surface area contributed by atoms with Crippen LogP contribution in [0.2, 0.25) is 0 Å². The molecule has 2 aromatic rings. The van der Waals surface area contributed by atoms with Crippen LogP contribution in [-0.2, 0) is 11.3 Å². The molecule has 1 aliphatic rings. The van der Waals surface area contributed by atoms with Gasteiger partial charge in [0.05, 0.1) is 13.1 Å². The summed E-state index contributed by atoms with van der Waals surface area (Å²) in [6, 6.07) is 14.2. The number of benzene rings is 2. The van der Waals surface area contributed by atoms with E-state index in [0.29, 0.717) is 18.0 Å². The summed E-state index contributed by atoms with van der Waals surface area (Å²) in [7, 11) is 0. The van der Waals surface area contributed by atoms with Crippen LogP contribution in [0.1, 0.15) is 52.9 Å². The minimum atomic E-state index is -0.396. The highest BCUT2D eigenvalue weighted by Crippen LogP contribution is 2.17. The third kappa shape index (κ3) is 5.58. The highest BCUT2D eigenvalue weighted by Gasteiger charge is 2.28. The SMILES string of the molecule is CC(C)c1ccc(C(N)CNC(=O)c2ccc(CN3C(=O)CNC3=O)cc2)cc1.Cl. The molecular weight excluding hydrogens is 404 g/mol. The fourth-order valence-electron chi connectivity index (χ4n) is 3.11. The van der Waals surface area contributed by atoms with Gasteiger partial charge in [-0.1, -0.05) is 50.2 Å². The molecule has 0 saturated carbocycles. The highest BCUT2D eigenvalue weighted by atomic mass is 35.5. The fourth-order valence-corrected chi connectivity index (χ4v) is 3.11. The van der Waals surface area contributed by atoms with Gasteiger partial charge in [0, 0.05) is 18.2 Å². The molecule has 1 heterocycles. The molecule has 1 saturated heterocycles. The van der Waals surface area contributed by atoms with E-state index in [-0.39, 0.29) is 43.4 Å². The van der Waals surface area contributed by atoms with E-state index < -0.39 is 6.03 Å². The maximum absolute atomic E-state index is 12.4. The van der Waals surface area contributed by atoms with Crippen LogP contribution >= 0.6 is 12.4 Å². The number of nitrogens with zero attached hydrogens (tertiary/aromatic N) is 1. The van der Waals surface area contributed by atoms with Gasteiger partial charge in [0.15, 0.2) is 0 Å². The van der Waals surface area contributed by atoms with E-state index in [4.69, 9.17) is 5.73 Å². The number of urea groups is 1. The molecule has 0 aliphatic carbocycles. The largest absolute Gasteiger partial charge is 0.350 e. The minimum Gasteiger partial charge on any atom is -0.350 e. The summed E-state index contributed by atoms with van der Waals surface area (Å²) >= 11 is 0. The second-order valence-electron chi connectivity index (χ2n) is 7.47. The number of halogens is 1. The Bertz CT molecular complexity index is 882. The molecule has 0 bridgehead atoms. The molecule has 3 rings (SSSR count). The molecule has 0 aromatic heterocycles. The zero-order valence-electron chi connectivity index (χ0n) is 17.1. The van der Waals surface area contributed by atoms with Crippen LogP contribution < -0.4 is 16.4 Å². The van der Waals surface area contributed by atoms with Gasteiger partial charge in [-0.25, -0.2) is 4.79 Å². The Morgan fingerprint density at radius 1 is 1.07 bits per heavy atom. The summed E-state index contributed by atoms with van der Waals surface area (Å²) in [6.07, 6.45) is 0. The van der Waals surface area contributed by atoms with E-state index in [2.05, 4.69) is 36.6 Å². The molecule has 0 radical (unpaired) electrons. The van der Waals surface area contributed by atoms with Crippen molar-refractivity contribution in [2.24, 2.45) is 5.73 Å². The molecule has 8 heteroatoms. The number of imide groups is 1. The summed E-state index contributed by atoms with van der Waals surface area (Å²) in [5.74, 6) is -0.0195. The first kappa shape index (κ1) is 23.4. The Morgan fingerprint density at radius 2 is 1.67 bits per heavy atom. The Hall–Kier alpha value is -2.90. The normalized spacial score (nSPS) is 14.3. The van der Waals surface area contributed by atoms with E-state index in [1.54, 1.807) is 24.3 Å². The minimum absolute atomic E-state index is 0. The molecule has 2 aromatic carbocycles. The quantitative estimate of drug-likeness (QED) is 0.587. The van der Waals surface area contributed by atoms with Crippen molar-refractivity contribution >= 4 is 30.3 Å². The van der Waals surface area contributed by atoms with E-state index >= 15 is 0 Å². The topological polar surface area (TPSA) is 105 Å². The molecule has 0 spiro atoms. The molecule has 1 atom stereocenters. The Labute approximate surface area is 182 Å². The zero-order valence-corrected chi connectivity index (χ0v) is 17.9. The maximum Gasteiger partial charge on any atom is 0.324 e. The first-order valence-corrected chi connectivity index (χ1v) is 9.66. The predicted molar refractivity (Wildman–Crippen MR) is 117 cm³/mol. The monoisotopic (exact) mass is 430 g/mol. The van der Waals surface area contributed by atoms with Crippen molar-refractivity contribution in [2.45, 2.75) is 32.4 Å². The zero-order chi connectivity index (χ0) is 21.0. The second kappa shape index (κ2) is 10.2. The molecule has 4 amide bonds. The number of amides is 4. The average Bonchev–Trinajstić information content (AvgIpc) is 3.04. The molecule has 1 aliphatic heterocycles. The van der Waals surface area contributed by atoms with Gasteiger partial charge >= 0.3 is 6.03 Å². The van der Waals surface area contributed by atoms with Crippen molar-refractivity contribution in [1.29, 1.82) is 0 Å². The van der Waals surface area contributed by atoms with Gasteiger partial charge in [-0.2, -0.15) is 0 Å². The van der Waals surface area contributed by atoms with Crippen molar-refractivity contribution in [3.8, 4) is 0 Å². The molecule has 1 unspecified atom stereocenters. The van der Waals surface area contributed by atoms with Crippen LogP contribution in [0.15, 0.2) is 48.5 Å².